The molecule has 3 aromatic carbocycles. The van der Waals surface area contributed by atoms with Gasteiger partial charge in [0.25, 0.3) is 17.7 Å². The van der Waals surface area contributed by atoms with Gasteiger partial charge in [-0.2, -0.15) is 0 Å². The van der Waals surface area contributed by atoms with E-state index in [2.05, 4.69) is 26.6 Å². The van der Waals surface area contributed by atoms with Crippen molar-refractivity contribution >= 4 is 57.1 Å². The number of hydrogen-bond acceptors (Lipinski definition) is 6. The molecule has 0 spiro atoms. The molecule has 36 heavy (non-hydrogen) atoms. The van der Waals surface area contributed by atoms with E-state index in [1.807, 2.05) is 0 Å². The van der Waals surface area contributed by atoms with Crippen LogP contribution in [0.15, 0.2) is 82.8 Å². The number of nitrogens with one attached hydrogen (secondary N) is 2. The highest BCUT2D eigenvalue weighted by atomic mass is 79.9. The van der Waals surface area contributed by atoms with Gasteiger partial charge in [0, 0.05) is 4.47 Å². The topological polar surface area (TPSA) is 114 Å². The first-order valence-corrected chi connectivity index (χ1v) is 11.5. The second kappa shape index (κ2) is 10.9. The molecule has 0 aromatic heterocycles. The zero-order valence-electron chi connectivity index (χ0n) is 19.0. The molecule has 1 heterocycles. The second-order valence-electron chi connectivity index (χ2n) is 7.54. The van der Waals surface area contributed by atoms with E-state index in [-0.39, 0.29) is 18.1 Å². The lowest BCUT2D eigenvalue weighted by atomic mass is 10.1. The van der Waals surface area contributed by atoms with E-state index in [0.29, 0.717) is 28.4 Å². The van der Waals surface area contributed by atoms with Crippen molar-refractivity contribution in [3.8, 4) is 11.5 Å². The van der Waals surface area contributed by atoms with Gasteiger partial charge in [0.15, 0.2) is 6.61 Å². The van der Waals surface area contributed by atoms with Crippen molar-refractivity contribution < 1.29 is 28.7 Å². The summed E-state index contributed by atoms with van der Waals surface area (Å²) in [7, 11) is 1.51. The molecule has 2 N–H and O–H groups in total. The summed E-state index contributed by atoms with van der Waals surface area (Å²) in [5.74, 6) is -0.942. The minimum Gasteiger partial charge on any atom is -0.495 e. The van der Waals surface area contributed by atoms with Crippen molar-refractivity contribution in [2.75, 3.05) is 23.9 Å². The number of methoxy groups -OCH3 is 1. The monoisotopic (exact) mass is 549 g/mol. The molecule has 0 saturated carbocycles. The lowest BCUT2D eigenvalue weighted by molar-refractivity contribution is -0.122. The summed E-state index contributed by atoms with van der Waals surface area (Å²) in [5, 5.41) is 4.90. The van der Waals surface area contributed by atoms with Crippen molar-refractivity contribution in [1.29, 1.82) is 0 Å². The van der Waals surface area contributed by atoms with Gasteiger partial charge in [0.2, 0.25) is 0 Å². The number of halogens is 1. The third kappa shape index (κ3) is 5.61. The van der Waals surface area contributed by atoms with Crippen LogP contribution in [0, 0.1) is 0 Å². The van der Waals surface area contributed by atoms with Gasteiger partial charge >= 0.3 is 6.03 Å². The van der Waals surface area contributed by atoms with Crippen LogP contribution in [0.2, 0.25) is 0 Å². The molecule has 5 amide bonds. The van der Waals surface area contributed by atoms with E-state index < -0.39 is 17.8 Å². The minimum absolute atomic E-state index is 0.192. The SMILES string of the molecule is COc1ccccc1NC(=O)COc1ccc(/C=C2\C(=O)NC(=O)N(c3ccc(Br)cc3)C2=O)cc1. The van der Waals surface area contributed by atoms with Crippen LogP contribution in [0.1, 0.15) is 5.56 Å². The highest BCUT2D eigenvalue weighted by Crippen LogP contribution is 2.25. The Hall–Kier alpha value is -4.44. The average molecular weight is 550 g/mol. The number of anilines is 2. The van der Waals surface area contributed by atoms with Crippen LogP contribution in [0.25, 0.3) is 6.08 Å². The summed E-state index contributed by atoms with van der Waals surface area (Å²) < 4.78 is 11.5. The molecule has 1 aliphatic rings. The van der Waals surface area contributed by atoms with Crippen molar-refractivity contribution in [2.24, 2.45) is 0 Å². The maximum atomic E-state index is 13.0. The molecule has 1 saturated heterocycles. The molecule has 0 bridgehead atoms. The number of imide groups is 2. The second-order valence-corrected chi connectivity index (χ2v) is 8.46. The summed E-state index contributed by atoms with van der Waals surface area (Å²) in [6.45, 7) is -0.233. The molecule has 182 valence electrons. The first-order valence-electron chi connectivity index (χ1n) is 10.7. The molecule has 0 atom stereocenters. The Morgan fingerprint density at radius 3 is 2.39 bits per heavy atom. The zero-order valence-corrected chi connectivity index (χ0v) is 20.6. The first-order chi connectivity index (χ1) is 17.4. The molecular weight excluding hydrogens is 530 g/mol. The molecular formula is C26H20BrN3O6. The number of ether oxygens (including phenoxy) is 2. The van der Waals surface area contributed by atoms with Gasteiger partial charge in [-0.3, -0.25) is 19.7 Å². The number of hydrogen-bond donors (Lipinski definition) is 2. The van der Waals surface area contributed by atoms with Crippen molar-refractivity contribution in [3.63, 3.8) is 0 Å². The summed E-state index contributed by atoms with van der Waals surface area (Å²) in [6, 6.07) is 19.2. The number of amides is 5. The quantitative estimate of drug-likeness (QED) is 0.338. The fraction of sp³-hybridized carbons (Fsp3) is 0.0769. The molecule has 3 aromatic rings. The maximum absolute atomic E-state index is 13.0. The number of urea groups is 1. The zero-order chi connectivity index (χ0) is 25.7. The number of benzene rings is 3. The molecule has 1 aliphatic heterocycles. The molecule has 0 unspecified atom stereocenters. The molecule has 4 rings (SSSR count). The Balaban J connectivity index is 1.42. The number of carbonyl (C=O) groups is 4. The standard InChI is InChI=1S/C26H20BrN3O6/c1-35-22-5-3-2-4-21(22)28-23(31)15-36-19-12-6-16(7-13-19)14-20-24(32)29-26(34)30(25(20)33)18-10-8-17(27)9-11-18/h2-14H,15H2,1H3,(H,28,31)(H,29,32,34)/b20-14+. The molecule has 0 radical (unpaired) electrons. The number of carbonyl (C=O) groups excluding carboxylic acids is 4. The molecule has 1 fully saturated rings. The number of rotatable bonds is 7. The summed E-state index contributed by atoms with van der Waals surface area (Å²) >= 11 is 3.30. The van der Waals surface area contributed by atoms with E-state index in [1.165, 1.54) is 13.2 Å². The summed E-state index contributed by atoms with van der Waals surface area (Å²) in [4.78, 5) is 50.8. The van der Waals surface area contributed by atoms with E-state index in [1.54, 1.807) is 72.8 Å². The molecule has 10 heteroatoms. The van der Waals surface area contributed by atoms with Gasteiger partial charge in [0.05, 0.1) is 18.5 Å². The van der Waals surface area contributed by atoms with Gasteiger partial charge in [-0.25, -0.2) is 9.69 Å². The largest absolute Gasteiger partial charge is 0.495 e. The van der Waals surface area contributed by atoms with Crippen LogP contribution in [-0.2, 0) is 14.4 Å². The van der Waals surface area contributed by atoms with Gasteiger partial charge in [-0.1, -0.05) is 40.2 Å². The third-order valence-electron chi connectivity index (χ3n) is 5.13. The molecule has 9 nitrogen and oxygen atoms in total. The van der Waals surface area contributed by atoms with E-state index >= 15 is 0 Å². The van der Waals surface area contributed by atoms with E-state index in [0.717, 1.165) is 9.37 Å². The van der Waals surface area contributed by atoms with Crippen molar-refractivity contribution in [1.82, 2.24) is 5.32 Å². The normalized spacial score (nSPS) is 14.4. The Bertz CT molecular complexity index is 1350. The van der Waals surface area contributed by atoms with Crippen molar-refractivity contribution in [3.05, 3.63) is 88.4 Å². The Morgan fingerprint density at radius 2 is 1.69 bits per heavy atom. The van der Waals surface area contributed by atoms with Gasteiger partial charge in [-0.15, -0.1) is 0 Å². The van der Waals surface area contributed by atoms with Gasteiger partial charge in [0.1, 0.15) is 17.1 Å². The lowest BCUT2D eigenvalue weighted by Gasteiger charge is -2.26. The summed E-state index contributed by atoms with van der Waals surface area (Å²) in [6.07, 6.45) is 1.38. The highest BCUT2D eigenvalue weighted by molar-refractivity contribution is 9.10. The van der Waals surface area contributed by atoms with Crippen LogP contribution in [0.3, 0.4) is 0 Å². The Labute approximate surface area is 214 Å². The van der Waals surface area contributed by atoms with Crippen molar-refractivity contribution in [2.45, 2.75) is 0 Å². The Morgan fingerprint density at radius 1 is 1.00 bits per heavy atom. The minimum atomic E-state index is -0.820. The smallest absolute Gasteiger partial charge is 0.335 e. The highest BCUT2D eigenvalue weighted by Gasteiger charge is 2.36. The third-order valence-corrected chi connectivity index (χ3v) is 5.66. The fourth-order valence-corrected chi connectivity index (χ4v) is 3.66. The van der Waals surface area contributed by atoms with Crippen LogP contribution in [0.4, 0.5) is 16.2 Å². The van der Waals surface area contributed by atoms with E-state index in [4.69, 9.17) is 9.47 Å². The predicted molar refractivity (Wildman–Crippen MR) is 137 cm³/mol. The lowest BCUT2D eigenvalue weighted by Crippen LogP contribution is -2.54. The fourth-order valence-electron chi connectivity index (χ4n) is 3.39. The number of para-hydroxylation sites is 2. The van der Waals surface area contributed by atoms with Crippen LogP contribution in [0.5, 0.6) is 11.5 Å². The first kappa shape index (κ1) is 24.7. The van der Waals surface area contributed by atoms with Gasteiger partial charge in [-0.05, 0) is 60.2 Å². The van der Waals surface area contributed by atoms with E-state index in [9.17, 15) is 19.2 Å². The predicted octanol–water partition coefficient (Wildman–Crippen LogP) is 4.14. The maximum Gasteiger partial charge on any atom is 0.335 e. The number of barbiturate groups is 1. The van der Waals surface area contributed by atoms with Gasteiger partial charge < -0.3 is 14.8 Å². The number of nitrogens with zero attached hydrogens (tertiary/aromatic N) is 1. The molecule has 0 aliphatic carbocycles. The summed E-state index contributed by atoms with van der Waals surface area (Å²) in [5.41, 5.74) is 1.20. The average Bonchev–Trinajstić information content (AvgIpc) is 2.87. The van der Waals surface area contributed by atoms with Crippen LogP contribution >= 0.6 is 15.9 Å². The Kier molecular flexibility index (Phi) is 7.45. The van der Waals surface area contributed by atoms with Crippen LogP contribution < -0.4 is 25.0 Å². The van der Waals surface area contributed by atoms with Crippen LogP contribution in [-0.4, -0.2) is 37.5 Å².